The molecule has 2 saturated heterocycles. The highest BCUT2D eigenvalue weighted by Crippen LogP contribution is 2.27. The summed E-state index contributed by atoms with van der Waals surface area (Å²) in [4.78, 5) is 35.0. The fourth-order valence-corrected chi connectivity index (χ4v) is 3.99. The Morgan fingerprint density at radius 1 is 1.03 bits per heavy atom. The van der Waals surface area contributed by atoms with Crippen LogP contribution in [-0.4, -0.2) is 98.8 Å². The lowest BCUT2D eigenvalue weighted by molar-refractivity contribution is -0.193. The molecular formula is C20H26F6N4O6. The minimum atomic E-state index is -5.08. The second-order valence-corrected chi connectivity index (χ2v) is 8.36. The van der Waals surface area contributed by atoms with Gasteiger partial charge in [-0.25, -0.2) is 9.59 Å². The Morgan fingerprint density at radius 3 is 2.06 bits per heavy atom. The van der Waals surface area contributed by atoms with Crippen molar-refractivity contribution in [3.05, 3.63) is 17.0 Å². The number of fused-ring (bicyclic) bond motifs is 1. The Morgan fingerprint density at radius 2 is 1.61 bits per heavy atom. The van der Waals surface area contributed by atoms with Crippen molar-refractivity contribution in [3.8, 4) is 0 Å². The van der Waals surface area contributed by atoms with Gasteiger partial charge in [0.1, 0.15) is 0 Å². The normalized spacial score (nSPS) is 22.1. The zero-order valence-corrected chi connectivity index (χ0v) is 19.2. The van der Waals surface area contributed by atoms with E-state index in [9.17, 15) is 31.1 Å². The molecule has 0 radical (unpaired) electrons. The van der Waals surface area contributed by atoms with Crippen molar-refractivity contribution >= 4 is 17.8 Å². The number of nitrogens with one attached hydrogen (secondary N) is 1. The lowest BCUT2D eigenvalue weighted by Crippen LogP contribution is -2.40. The molecule has 204 valence electrons. The fourth-order valence-electron chi connectivity index (χ4n) is 3.99. The van der Waals surface area contributed by atoms with Gasteiger partial charge in [0.2, 0.25) is 0 Å². The molecule has 2 atom stereocenters. The van der Waals surface area contributed by atoms with Gasteiger partial charge in [-0.15, -0.1) is 0 Å². The summed E-state index contributed by atoms with van der Waals surface area (Å²) in [6.45, 7) is 6.52. The van der Waals surface area contributed by atoms with E-state index in [1.807, 2.05) is 4.90 Å². The number of aliphatic carboxylic acids is 2. The molecule has 1 aromatic rings. The molecule has 0 saturated carbocycles. The van der Waals surface area contributed by atoms with Gasteiger partial charge in [-0.05, 0) is 26.2 Å². The van der Waals surface area contributed by atoms with Crippen LogP contribution in [0.1, 0.15) is 47.9 Å². The highest BCUT2D eigenvalue weighted by atomic mass is 19.4. The molecule has 0 spiro atoms. The van der Waals surface area contributed by atoms with E-state index in [1.165, 1.54) is 0 Å². The van der Waals surface area contributed by atoms with Crippen molar-refractivity contribution < 1.29 is 55.7 Å². The Labute approximate surface area is 201 Å². The van der Waals surface area contributed by atoms with Gasteiger partial charge < -0.3 is 19.8 Å². The Balaban J connectivity index is 0.000000271. The van der Waals surface area contributed by atoms with Crippen molar-refractivity contribution in [1.29, 1.82) is 0 Å². The molecule has 10 nitrogen and oxygen atoms in total. The number of ether oxygens (including phenoxy) is 1. The maximum atomic E-state index is 12.8. The molecule has 2 unspecified atom stereocenters. The number of carbonyl (C=O) groups is 3. The highest BCUT2D eigenvalue weighted by molar-refractivity contribution is 5.94. The van der Waals surface area contributed by atoms with E-state index in [-0.39, 0.29) is 5.91 Å². The van der Waals surface area contributed by atoms with Crippen molar-refractivity contribution in [2.24, 2.45) is 0 Å². The number of carboxylic acid groups (broad SMARTS) is 2. The smallest absolute Gasteiger partial charge is 0.475 e. The molecule has 16 heteroatoms. The monoisotopic (exact) mass is 532 g/mol. The molecule has 0 aliphatic carbocycles. The van der Waals surface area contributed by atoms with Crippen LogP contribution in [0.2, 0.25) is 0 Å². The van der Waals surface area contributed by atoms with Gasteiger partial charge in [0.25, 0.3) is 5.91 Å². The van der Waals surface area contributed by atoms with Gasteiger partial charge >= 0.3 is 24.3 Å². The standard InChI is InChI=1S/C16H24N4O2.2C2HF3O2/c1-11-3-2-6-20(11)16(21)15-13-9-19(12-5-8-22-10-12)7-4-14(13)17-18-15;2*3-2(4,5)1(6)7/h11-12H,2-10H2,1H3,(H,17,18);2*(H,6,7). The molecule has 2 fully saturated rings. The molecule has 0 bridgehead atoms. The molecule has 0 aromatic carbocycles. The van der Waals surface area contributed by atoms with Gasteiger partial charge in [-0.1, -0.05) is 0 Å². The summed E-state index contributed by atoms with van der Waals surface area (Å²) in [5.41, 5.74) is 2.90. The van der Waals surface area contributed by atoms with Gasteiger partial charge in [0, 0.05) is 56.0 Å². The van der Waals surface area contributed by atoms with Crippen molar-refractivity contribution in [2.45, 2.75) is 63.6 Å². The number of hydrogen-bond donors (Lipinski definition) is 3. The van der Waals surface area contributed by atoms with E-state index in [0.717, 1.165) is 69.8 Å². The predicted molar refractivity (Wildman–Crippen MR) is 109 cm³/mol. The average Bonchev–Trinajstić information content (AvgIpc) is 3.53. The number of amides is 1. The number of rotatable bonds is 2. The molecule has 1 aromatic heterocycles. The number of hydrogen-bond acceptors (Lipinski definition) is 6. The van der Waals surface area contributed by atoms with E-state index < -0.39 is 24.3 Å². The number of nitrogens with zero attached hydrogens (tertiary/aromatic N) is 3. The van der Waals surface area contributed by atoms with Crippen LogP contribution < -0.4 is 0 Å². The molecule has 3 aliphatic rings. The van der Waals surface area contributed by atoms with Crippen LogP contribution in [0.5, 0.6) is 0 Å². The lowest BCUT2D eigenvalue weighted by Gasteiger charge is -2.31. The summed E-state index contributed by atoms with van der Waals surface area (Å²) in [7, 11) is 0. The number of aromatic amines is 1. The third-order valence-electron chi connectivity index (χ3n) is 5.89. The van der Waals surface area contributed by atoms with Crippen molar-refractivity contribution in [2.75, 3.05) is 26.3 Å². The van der Waals surface area contributed by atoms with Crippen LogP contribution in [0, 0.1) is 0 Å². The molecule has 3 N–H and O–H groups in total. The maximum Gasteiger partial charge on any atom is 0.490 e. The Kier molecular flexibility index (Phi) is 9.70. The second-order valence-electron chi connectivity index (χ2n) is 8.36. The molecule has 3 aliphatic heterocycles. The summed E-state index contributed by atoms with van der Waals surface area (Å²) in [5, 5.41) is 21.7. The minimum Gasteiger partial charge on any atom is -0.475 e. The first kappa shape index (κ1) is 29.4. The first-order valence-electron chi connectivity index (χ1n) is 10.9. The van der Waals surface area contributed by atoms with Crippen LogP contribution in [0.15, 0.2) is 0 Å². The van der Waals surface area contributed by atoms with E-state index in [4.69, 9.17) is 24.5 Å². The zero-order chi connectivity index (χ0) is 27.3. The fraction of sp³-hybridized carbons (Fsp3) is 0.700. The summed E-state index contributed by atoms with van der Waals surface area (Å²) < 4.78 is 69.0. The van der Waals surface area contributed by atoms with Gasteiger partial charge in [-0.3, -0.25) is 14.8 Å². The van der Waals surface area contributed by atoms with Crippen LogP contribution in [-0.2, 0) is 27.3 Å². The number of carboxylic acids is 2. The Bertz CT molecular complexity index is 905. The van der Waals surface area contributed by atoms with Crippen LogP contribution >= 0.6 is 0 Å². The van der Waals surface area contributed by atoms with Crippen molar-refractivity contribution in [3.63, 3.8) is 0 Å². The maximum absolute atomic E-state index is 12.8. The van der Waals surface area contributed by atoms with E-state index in [1.54, 1.807) is 0 Å². The molecule has 36 heavy (non-hydrogen) atoms. The zero-order valence-electron chi connectivity index (χ0n) is 19.2. The summed E-state index contributed by atoms with van der Waals surface area (Å²) in [6, 6.07) is 0.833. The highest BCUT2D eigenvalue weighted by Gasteiger charge is 2.39. The quantitative estimate of drug-likeness (QED) is 0.495. The summed E-state index contributed by atoms with van der Waals surface area (Å²) in [6.07, 6.45) is -5.92. The SMILES string of the molecule is CC1CCCN1C(=O)c1n[nH]c2c1CN(C1CCOC1)CC2.O=C(O)C(F)(F)F.O=C(O)C(F)(F)F. The predicted octanol–water partition coefficient (Wildman–Crippen LogP) is 2.45. The van der Waals surface area contributed by atoms with Gasteiger partial charge in [-0.2, -0.15) is 31.4 Å². The molecule has 4 rings (SSSR count). The Hall–Kier alpha value is -2.88. The molecule has 4 heterocycles. The van der Waals surface area contributed by atoms with Crippen LogP contribution in [0.4, 0.5) is 26.3 Å². The minimum absolute atomic E-state index is 0.104. The first-order chi connectivity index (χ1) is 16.6. The second kappa shape index (κ2) is 11.9. The van der Waals surface area contributed by atoms with Gasteiger partial charge in [0.05, 0.1) is 6.61 Å². The molecule has 1 amide bonds. The number of aromatic nitrogens is 2. The van der Waals surface area contributed by atoms with E-state index in [0.29, 0.717) is 17.8 Å². The van der Waals surface area contributed by atoms with Gasteiger partial charge in [0.15, 0.2) is 5.69 Å². The van der Waals surface area contributed by atoms with E-state index in [2.05, 4.69) is 22.0 Å². The number of alkyl halides is 6. The number of halogens is 6. The number of carbonyl (C=O) groups excluding carboxylic acids is 1. The van der Waals surface area contributed by atoms with Crippen LogP contribution in [0.25, 0.3) is 0 Å². The third-order valence-corrected chi connectivity index (χ3v) is 5.89. The third kappa shape index (κ3) is 7.81. The average molecular weight is 532 g/mol. The first-order valence-corrected chi connectivity index (χ1v) is 10.9. The topological polar surface area (TPSA) is 136 Å². The number of H-pyrrole nitrogens is 1. The largest absolute Gasteiger partial charge is 0.490 e. The summed E-state index contributed by atoms with van der Waals surface area (Å²) in [5.74, 6) is -5.41. The van der Waals surface area contributed by atoms with Crippen molar-refractivity contribution in [1.82, 2.24) is 20.0 Å². The summed E-state index contributed by atoms with van der Waals surface area (Å²) >= 11 is 0. The van der Waals surface area contributed by atoms with E-state index >= 15 is 0 Å². The molecular weight excluding hydrogens is 506 g/mol. The van der Waals surface area contributed by atoms with Crippen LogP contribution in [0.3, 0.4) is 0 Å². The number of likely N-dealkylation sites (tertiary alicyclic amines) is 1. The lowest BCUT2D eigenvalue weighted by atomic mass is 10.0.